The SMILES string of the molecule is CCCCC=O.CCCCCO.CCCCCOC(=O)Nc1ccc(C(=O)N[C@@H](CCCC)Cc2cccc(OC)c2)cc1.CCCCCOC(=O)Nc1ccc(C(=O)OC)cc1.CCCCCOC(=O)Nc1ccc(C(=O)OC)cc1.CCCCCOC(=O)Nc1ccc(C2=N[C@@H](CCCC)Cc3cc(OC)ccc32)cc1.CCCC[C@H](N)Cc1cccc(OC)c1.COC(=O)c1ccc(N)cc1. The third kappa shape index (κ3) is 56.0. The third-order valence-corrected chi connectivity index (χ3v) is 21.2. The molecule has 1 aliphatic rings. The molecule has 139 heavy (non-hydrogen) atoms. The van der Waals surface area contributed by atoms with E-state index in [1.54, 1.807) is 118 Å². The number of benzene rings is 8. The Bertz CT molecular complexity index is 4620. The van der Waals surface area contributed by atoms with Crippen LogP contribution in [0.4, 0.5) is 47.6 Å². The van der Waals surface area contributed by atoms with Crippen LogP contribution in [0.3, 0.4) is 0 Å². The molecule has 8 aromatic carbocycles. The van der Waals surface area contributed by atoms with Gasteiger partial charge >= 0.3 is 42.3 Å². The number of aliphatic imine (C=N–C) groups is 1. The van der Waals surface area contributed by atoms with Crippen LogP contribution in [-0.4, -0.2) is 159 Å². The maximum absolute atomic E-state index is 12.8. The van der Waals surface area contributed by atoms with Gasteiger partial charge in [0.15, 0.2) is 0 Å². The number of aldehydes is 1. The van der Waals surface area contributed by atoms with Gasteiger partial charge in [-0.05, 0) is 245 Å². The van der Waals surface area contributed by atoms with Crippen LogP contribution < -0.4 is 52.3 Å². The number of nitrogens with two attached hydrogens (primary N) is 2. The molecule has 764 valence electrons. The van der Waals surface area contributed by atoms with Crippen LogP contribution in [0.25, 0.3) is 0 Å². The number of nitrogen functional groups attached to an aromatic ring is 1. The lowest BCUT2D eigenvalue weighted by atomic mass is 9.88. The molecule has 0 bridgehead atoms. The van der Waals surface area contributed by atoms with Crippen molar-refractivity contribution in [2.75, 3.05) is 103 Å². The van der Waals surface area contributed by atoms with Gasteiger partial charge < -0.3 is 74.1 Å². The summed E-state index contributed by atoms with van der Waals surface area (Å²) in [6.07, 6.45) is 30.0. The number of methoxy groups -OCH3 is 6. The molecule has 0 fully saturated rings. The van der Waals surface area contributed by atoms with Crippen LogP contribution in [0.15, 0.2) is 193 Å². The molecule has 1 heterocycles. The first kappa shape index (κ1) is 122. The quantitative estimate of drug-likeness (QED) is 0.00577. The van der Waals surface area contributed by atoms with Crippen LogP contribution >= 0.6 is 0 Å². The van der Waals surface area contributed by atoms with Crippen LogP contribution in [0.1, 0.15) is 305 Å². The standard InChI is InChI=1S/C26H36N2O4.C26H34N2O3.2C14H19NO4.C13H21NO.C8H9NO2.C5H12O.C5H10O/c1-4-6-8-17-32-26(30)28-22-15-13-21(14-16-22)25(29)27-23(11-7-5-2)18-20-10-9-12-24(19-20)31-3;1-4-6-8-16-31-26(29)28-21-12-10-19(11-13-21)25-24-15-14-23(30-3)18-20(24)17-22(27-25)9-7-5-2;2*1-3-4-5-10-19-14(17)15-12-8-6-11(7-9-12)13(16)18-2;1-3-4-7-12(14)9-11-6-5-8-13(10-11)15-2;1-11-8(10)6-2-4-7(9)5-3-6;2*1-2-3-4-5-6/h9-10,12-16,19,23H,4-8,11,17-18H2,1-3H3,(H,27,29)(H,28,30);10-15,18,22H,4-9,16-17H2,1-3H3,(H,28,29);2*6-9H,3-5,10H2,1-2H3,(H,15,17);5-6,8,10,12H,3-4,7,9,14H2,1-2H3;2-5H,9H2,1H3;6H,2-5H2,1H3;5H,2-4H2,1H3/t23-;22-;;;12-;;;/m00..0.../s1. The fourth-order valence-corrected chi connectivity index (χ4v) is 13.3. The van der Waals surface area contributed by atoms with E-state index in [1.807, 2.05) is 60.7 Å². The summed E-state index contributed by atoms with van der Waals surface area (Å²) in [6, 6.07) is 57.0. The zero-order valence-electron chi connectivity index (χ0n) is 85.3. The van der Waals surface area contributed by atoms with Crippen molar-refractivity contribution in [2.45, 2.75) is 273 Å². The van der Waals surface area contributed by atoms with Crippen LogP contribution in [0.5, 0.6) is 17.2 Å². The first-order valence-electron chi connectivity index (χ1n) is 49.2. The predicted octanol–water partition coefficient (Wildman–Crippen LogP) is 25.1. The summed E-state index contributed by atoms with van der Waals surface area (Å²) in [7, 11) is 9.04. The zero-order valence-corrected chi connectivity index (χ0v) is 85.3. The third-order valence-electron chi connectivity index (χ3n) is 21.2. The van der Waals surface area contributed by atoms with Crippen molar-refractivity contribution in [3.63, 3.8) is 0 Å². The van der Waals surface area contributed by atoms with E-state index in [-0.39, 0.29) is 30.0 Å². The Labute approximate surface area is 827 Å². The van der Waals surface area contributed by atoms with Gasteiger partial charge in [0.25, 0.3) is 5.91 Å². The number of aliphatic hydroxyl groups excluding tert-OH is 1. The van der Waals surface area contributed by atoms with Gasteiger partial charge in [0.2, 0.25) is 0 Å². The first-order valence-corrected chi connectivity index (χ1v) is 49.2. The number of esters is 3. The number of nitrogens with one attached hydrogen (secondary N) is 5. The van der Waals surface area contributed by atoms with Crippen molar-refractivity contribution < 1.29 is 95.6 Å². The zero-order chi connectivity index (χ0) is 102. The fourth-order valence-electron chi connectivity index (χ4n) is 13.3. The minimum Gasteiger partial charge on any atom is -0.497 e. The molecule has 3 atom stereocenters. The Kier molecular flexibility index (Phi) is 68.7. The van der Waals surface area contributed by atoms with E-state index in [4.69, 9.17) is 54.7 Å². The molecule has 0 spiro atoms. The number of hydrogen-bond acceptors (Lipinski definition) is 23. The second-order valence-corrected chi connectivity index (χ2v) is 32.8. The summed E-state index contributed by atoms with van der Waals surface area (Å²) < 4.78 is 50.0. The van der Waals surface area contributed by atoms with Crippen molar-refractivity contribution in [1.29, 1.82) is 0 Å². The smallest absolute Gasteiger partial charge is 0.411 e. The summed E-state index contributed by atoms with van der Waals surface area (Å²) in [6.45, 7) is 21.2. The highest BCUT2D eigenvalue weighted by atomic mass is 16.6. The van der Waals surface area contributed by atoms with Crippen molar-refractivity contribution in [3.05, 3.63) is 238 Å². The number of rotatable bonds is 48. The van der Waals surface area contributed by atoms with E-state index < -0.39 is 36.3 Å². The first-order chi connectivity index (χ1) is 67.3. The minimum absolute atomic E-state index is 0.0328. The van der Waals surface area contributed by atoms with E-state index in [1.165, 1.54) is 64.6 Å². The maximum atomic E-state index is 12.8. The molecule has 0 saturated carbocycles. The average Bonchev–Trinajstić information content (AvgIpc) is 0.781. The number of carbonyl (C=O) groups is 9. The minimum atomic E-state index is -0.484. The van der Waals surface area contributed by atoms with Gasteiger partial charge in [0, 0.05) is 70.2 Å². The van der Waals surface area contributed by atoms with E-state index in [0.717, 1.165) is 212 Å². The van der Waals surface area contributed by atoms with E-state index in [9.17, 15) is 43.2 Å². The van der Waals surface area contributed by atoms with Crippen LogP contribution in [0, 0.1) is 0 Å². The number of hydrogen-bond donors (Lipinski definition) is 8. The Morgan fingerprint density at radius 3 is 1.12 bits per heavy atom. The topological polar surface area (TPSA) is 391 Å². The van der Waals surface area contributed by atoms with Gasteiger partial charge in [-0.25, -0.2) is 33.6 Å². The molecule has 8 aromatic rings. The molecule has 1 aliphatic heterocycles. The lowest BCUT2D eigenvalue weighted by Crippen LogP contribution is -2.36. The Hall–Kier alpha value is -12.8. The van der Waals surface area contributed by atoms with Crippen molar-refractivity contribution >= 4 is 88.6 Å². The number of aliphatic hydroxyl groups is 1. The molecular weight excluding hydrogens is 1770 g/mol. The highest BCUT2D eigenvalue weighted by Gasteiger charge is 2.24. The molecule has 0 radical (unpaired) electrons. The second-order valence-electron chi connectivity index (χ2n) is 32.8. The highest BCUT2D eigenvalue weighted by molar-refractivity contribution is 6.14. The maximum Gasteiger partial charge on any atom is 0.411 e. The van der Waals surface area contributed by atoms with Gasteiger partial charge in [-0.15, -0.1) is 0 Å². The molecule has 0 aromatic heterocycles. The monoisotopic (exact) mass is 1930 g/mol. The Morgan fingerprint density at radius 1 is 0.403 bits per heavy atom. The predicted molar refractivity (Wildman–Crippen MR) is 558 cm³/mol. The molecule has 0 aliphatic carbocycles. The number of amides is 5. The lowest BCUT2D eigenvalue weighted by Gasteiger charge is -2.24. The summed E-state index contributed by atoms with van der Waals surface area (Å²) in [5.41, 5.74) is 23.4. The highest BCUT2D eigenvalue weighted by Crippen LogP contribution is 2.30. The summed E-state index contributed by atoms with van der Waals surface area (Å²) in [5.74, 6) is 1.33. The number of fused-ring (bicyclic) bond motifs is 1. The number of unbranched alkanes of at least 4 members (excludes halogenated alkanes) is 15. The van der Waals surface area contributed by atoms with Gasteiger partial charge in [-0.2, -0.15) is 0 Å². The van der Waals surface area contributed by atoms with E-state index >= 15 is 0 Å². The van der Waals surface area contributed by atoms with Crippen molar-refractivity contribution in [3.8, 4) is 17.2 Å². The van der Waals surface area contributed by atoms with E-state index in [2.05, 4.69) is 133 Å². The Balaban J connectivity index is 0.000000566. The summed E-state index contributed by atoms with van der Waals surface area (Å²) in [4.78, 5) is 107. The van der Waals surface area contributed by atoms with Gasteiger partial charge in [-0.1, -0.05) is 208 Å². The van der Waals surface area contributed by atoms with Crippen LogP contribution in [0.2, 0.25) is 0 Å². The molecule has 0 unspecified atom stereocenters. The molecule has 9 rings (SSSR count). The average molecular weight is 1930 g/mol. The normalized spacial score (nSPS) is 11.5. The van der Waals surface area contributed by atoms with Gasteiger partial charge in [-0.3, -0.25) is 31.1 Å². The molecule has 28 heteroatoms. The number of carbonyl (C=O) groups excluding carboxylic acids is 9. The van der Waals surface area contributed by atoms with Crippen molar-refractivity contribution in [2.24, 2.45) is 10.7 Å². The number of nitrogens with zero attached hydrogens (tertiary/aromatic N) is 1. The molecular formula is C111H160N8O20. The van der Waals surface area contributed by atoms with Gasteiger partial charge in [0.1, 0.15) is 23.5 Å². The van der Waals surface area contributed by atoms with Gasteiger partial charge in [0.05, 0.1) is 97.5 Å². The van der Waals surface area contributed by atoms with Crippen molar-refractivity contribution in [1.82, 2.24) is 5.32 Å². The molecule has 5 amide bonds. The number of ether oxygens (including phenoxy) is 10. The second kappa shape index (κ2) is 78.1. The molecule has 28 nitrogen and oxygen atoms in total. The lowest BCUT2D eigenvalue weighted by molar-refractivity contribution is -0.107. The fraction of sp³-hybridized carbons (Fsp3) is 0.477. The summed E-state index contributed by atoms with van der Waals surface area (Å²) in [5, 5.41) is 22.0. The van der Waals surface area contributed by atoms with Crippen LogP contribution in [-0.2, 0) is 57.2 Å². The Morgan fingerprint density at radius 2 is 0.763 bits per heavy atom. The number of anilines is 5. The molecule has 10 N–H and O–H groups in total. The molecule has 0 saturated heterocycles. The largest absolute Gasteiger partial charge is 0.497 e. The van der Waals surface area contributed by atoms with E-state index in [0.29, 0.717) is 78.0 Å². The summed E-state index contributed by atoms with van der Waals surface area (Å²) >= 11 is 0.